The summed E-state index contributed by atoms with van der Waals surface area (Å²) < 4.78 is 2.20. The van der Waals surface area contributed by atoms with Crippen LogP contribution in [0.5, 0.6) is 0 Å². The Kier molecular flexibility index (Phi) is 5.34. The standard InChI is InChI=1S/C18H31N3/c19-16(13-15-7-3-1-2-4-8-15)14-17-11-12-21(20-17)18-9-5-6-10-18/h11-12,15-16,18H,1-10,13-14,19H2. The largest absolute Gasteiger partial charge is 0.327 e. The Hall–Kier alpha value is -0.830. The Bertz CT molecular complexity index is 412. The highest BCUT2D eigenvalue weighted by Crippen LogP contribution is 2.29. The molecule has 1 aromatic rings. The first-order chi connectivity index (χ1) is 10.3. The van der Waals surface area contributed by atoms with E-state index in [9.17, 15) is 0 Å². The molecule has 0 aromatic carbocycles. The van der Waals surface area contributed by atoms with E-state index >= 15 is 0 Å². The quantitative estimate of drug-likeness (QED) is 0.824. The van der Waals surface area contributed by atoms with E-state index in [0.29, 0.717) is 12.1 Å². The second kappa shape index (κ2) is 7.44. The number of rotatable bonds is 5. The van der Waals surface area contributed by atoms with Crippen molar-refractivity contribution in [1.29, 1.82) is 0 Å². The molecule has 2 fully saturated rings. The molecule has 0 aliphatic heterocycles. The molecule has 0 bridgehead atoms. The van der Waals surface area contributed by atoms with Crippen molar-refractivity contribution in [3.63, 3.8) is 0 Å². The lowest BCUT2D eigenvalue weighted by atomic mass is 9.91. The van der Waals surface area contributed by atoms with Gasteiger partial charge in [0.25, 0.3) is 0 Å². The molecule has 0 spiro atoms. The molecule has 1 unspecified atom stereocenters. The van der Waals surface area contributed by atoms with Gasteiger partial charge in [0.05, 0.1) is 11.7 Å². The van der Waals surface area contributed by atoms with Gasteiger partial charge in [-0.1, -0.05) is 51.4 Å². The molecule has 3 nitrogen and oxygen atoms in total. The van der Waals surface area contributed by atoms with Crippen molar-refractivity contribution in [2.24, 2.45) is 11.7 Å². The number of hydrogen-bond donors (Lipinski definition) is 1. The van der Waals surface area contributed by atoms with Crippen LogP contribution in [0.25, 0.3) is 0 Å². The zero-order valence-corrected chi connectivity index (χ0v) is 13.3. The maximum Gasteiger partial charge on any atom is 0.0640 e. The third-order valence-electron chi connectivity index (χ3n) is 5.44. The minimum absolute atomic E-state index is 0.292. The lowest BCUT2D eigenvalue weighted by Crippen LogP contribution is -2.26. The van der Waals surface area contributed by atoms with E-state index in [2.05, 4.69) is 16.9 Å². The first-order valence-corrected chi connectivity index (χ1v) is 9.11. The SMILES string of the molecule is NC(Cc1ccn(C2CCCC2)n1)CC1CCCCCC1. The summed E-state index contributed by atoms with van der Waals surface area (Å²) in [5.74, 6) is 0.861. The van der Waals surface area contributed by atoms with Gasteiger partial charge in [0.1, 0.15) is 0 Å². The Balaban J connectivity index is 1.48. The molecule has 2 N–H and O–H groups in total. The number of aromatic nitrogens is 2. The summed E-state index contributed by atoms with van der Waals surface area (Å²) in [7, 11) is 0. The Morgan fingerprint density at radius 1 is 1.05 bits per heavy atom. The molecule has 118 valence electrons. The second-order valence-electron chi connectivity index (χ2n) is 7.28. The molecular weight excluding hydrogens is 258 g/mol. The molecule has 2 aliphatic rings. The molecule has 0 saturated heterocycles. The highest BCUT2D eigenvalue weighted by Gasteiger charge is 2.19. The first kappa shape index (κ1) is 15.1. The normalized spacial score (nSPS) is 23.3. The van der Waals surface area contributed by atoms with Gasteiger partial charge in [-0.25, -0.2) is 0 Å². The summed E-state index contributed by atoms with van der Waals surface area (Å²) in [5.41, 5.74) is 7.60. The third-order valence-corrected chi connectivity index (χ3v) is 5.44. The average molecular weight is 289 g/mol. The van der Waals surface area contributed by atoms with Gasteiger partial charge in [0, 0.05) is 18.7 Å². The minimum atomic E-state index is 0.292. The molecule has 3 rings (SSSR count). The van der Waals surface area contributed by atoms with Gasteiger partial charge >= 0.3 is 0 Å². The molecule has 1 atom stereocenters. The van der Waals surface area contributed by atoms with Gasteiger partial charge in [-0.05, 0) is 31.2 Å². The second-order valence-corrected chi connectivity index (χ2v) is 7.28. The van der Waals surface area contributed by atoms with E-state index in [1.807, 2.05) is 0 Å². The van der Waals surface area contributed by atoms with Crippen molar-refractivity contribution in [1.82, 2.24) is 9.78 Å². The molecular formula is C18H31N3. The van der Waals surface area contributed by atoms with Crippen LogP contribution in [0.15, 0.2) is 12.3 Å². The maximum absolute atomic E-state index is 6.40. The zero-order chi connectivity index (χ0) is 14.5. The van der Waals surface area contributed by atoms with Gasteiger partial charge in [0.2, 0.25) is 0 Å². The van der Waals surface area contributed by atoms with Crippen molar-refractivity contribution in [2.75, 3.05) is 0 Å². The summed E-state index contributed by atoms with van der Waals surface area (Å²) in [6, 6.07) is 3.13. The number of nitrogens with two attached hydrogens (primary N) is 1. The van der Waals surface area contributed by atoms with Crippen LogP contribution in [0.2, 0.25) is 0 Å². The average Bonchev–Trinajstić information content (AvgIpc) is 3.07. The smallest absolute Gasteiger partial charge is 0.0640 e. The van der Waals surface area contributed by atoms with Gasteiger partial charge in [-0.2, -0.15) is 5.10 Å². The molecule has 2 aliphatic carbocycles. The summed E-state index contributed by atoms with van der Waals surface area (Å²) in [4.78, 5) is 0. The number of hydrogen-bond acceptors (Lipinski definition) is 2. The van der Waals surface area contributed by atoms with Crippen LogP contribution < -0.4 is 5.73 Å². The lowest BCUT2D eigenvalue weighted by Gasteiger charge is -2.18. The predicted molar refractivity (Wildman–Crippen MR) is 87.2 cm³/mol. The zero-order valence-electron chi connectivity index (χ0n) is 13.3. The maximum atomic E-state index is 6.40. The topological polar surface area (TPSA) is 43.8 Å². The summed E-state index contributed by atoms with van der Waals surface area (Å²) in [5, 5.41) is 4.78. The molecule has 0 amide bonds. The van der Waals surface area contributed by atoms with E-state index in [1.165, 1.54) is 76.3 Å². The van der Waals surface area contributed by atoms with Crippen LogP contribution in [-0.2, 0) is 6.42 Å². The highest BCUT2D eigenvalue weighted by atomic mass is 15.3. The van der Waals surface area contributed by atoms with E-state index in [4.69, 9.17) is 10.8 Å². The van der Waals surface area contributed by atoms with Crippen molar-refractivity contribution in [3.8, 4) is 0 Å². The fraction of sp³-hybridized carbons (Fsp3) is 0.833. The van der Waals surface area contributed by atoms with E-state index < -0.39 is 0 Å². The van der Waals surface area contributed by atoms with Crippen LogP contribution >= 0.6 is 0 Å². The molecule has 3 heteroatoms. The van der Waals surface area contributed by atoms with Crippen LogP contribution in [0, 0.1) is 5.92 Å². The molecule has 0 radical (unpaired) electrons. The molecule has 2 saturated carbocycles. The fourth-order valence-corrected chi connectivity index (χ4v) is 4.24. The fourth-order valence-electron chi connectivity index (χ4n) is 4.24. The molecule has 1 heterocycles. The van der Waals surface area contributed by atoms with Gasteiger partial charge < -0.3 is 5.73 Å². The van der Waals surface area contributed by atoms with E-state index in [1.54, 1.807) is 0 Å². The van der Waals surface area contributed by atoms with Crippen LogP contribution in [-0.4, -0.2) is 15.8 Å². The van der Waals surface area contributed by atoms with Gasteiger partial charge in [0.15, 0.2) is 0 Å². The van der Waals surface area contributed by atoms with Crippen LogP contribution in [0.1, 0.15) is 82.4 Å². The Morgan fingerprint density at radius 3 is 2.43 bits per heavy atom. The third kappa shape index (κ3) is 4.32. The van der Waals surface area contributed by atoms with Crippen LogP contribution in [0.3, 0.4) is 0 Å². The van der Waals surface area contributed by atoms with E-state index in [0.717, 1.165) is 12.3 Å². The van der Waals surface area contributed by atoms with Gasteiger partial charge in [-0.15, -0.1) is 0 Å². The van der Waals surface area contributed by atoms with Crippen LogP contribution in [0.4, 0.5) is 0 Å². The summed E-state index contributed by atoms with van der Waals surface area (Å²) in [6.45, 7) is 0. The van der Waals surface area contributed by atoms with Crippen molar-refractivity contribution >= 4 is 0 Å². The summed E-state index contributed by atoms with van der Waals surface area (Å²) in [6.07, 6.45) is 18.1. The lowest BCUT2D eigenvalue weighted by molar-refractivity contribution is 0.384. The summed E-state index contributed by atoms with van der Waals surface area (Å²) >= 11 is 0. The molecule has 1 aromatic heterocycles. The van der Waals surface area contributed by atoms with E-state index in [-0.39, 0.29) is 0 Å². The predicted octanol–water partition coefficient (Wildman–Crippen LogP) is 4.23. The highest BCUT2D eigenvalue weighted by molar-refractivity contribution is 5.02. The van der Waals surface area contributed by atoms with Gasteiger partial charge in [-0.3, -0.25) is 4.68 Å². The minimum Gasteiger partial charge on any atom is -0.327 e. The van der Waals surface area contributed by atoms with Crippen molar-refractivity contribution in [2.45, 2.75) is 89.1 Å². The Morgan fingerprint density at radius 2 is 1.71 bits per heavy atom. The molecule has 21 heavy (non-hydrogen) atoms. The Labute approximate surface area is 129 Å². The van der Waals surface area contributed by atoms with Crippen molar-refractivity contribution in [3.05, 3.63) is 18.0 Å². The monoisotopic (exact) mass is 289 g/mol. The first-order valence-electron chi connectivity index (χ1n) is 9.11. The number of nitrogens with zero attached hydrogens (tertiary/aromatic N) is 2. The van der Waals surface area contributed by atoms with Crippen molar-refractivity contribution < 1.29 is 0 Å².